The molecule has 0 amide bonds. The van der Waals surface area contributed by atoms with E-state index in [-0.39, 0.29) is 10.6 Å². The molecule has 0 aromatic heterocycles. The van der Waals surface area contributed by atoms with Gasteiger partial charge in [0, 0.05) is 12.2 Å². The van der Waals surface area contributed by atoms with E-state index in [1.54, 1.807) is 24.3 Å². The number of anilines is 1. The molecule has 0 unspecified atom stereocenters. The molecule has 0 atom stereocenters. The number of carboxylic acid groups (broad SMARTS) is 1. The van der Waals surface area contributed by atoms with E-state index in [1.807, 2.05) is 30.3 Å². The second kappa shape index (κ2) is 9.20. The van der Waals surface area contributed by atoms with E-state index < -0.39 is 5.97 Å². The first kappa shape index (κ1) is 20.3. The van der Waals surface area contributed by atoms with Crippen LogP contribution < -0.4 is 10.1 Å². The van der Waals surface area contributed by atoms with Gasteiger partial charge in [-0.3, -0.25) is 0 Å². The van der Waals surface area contributed by atoms with E-state index in [9.17, 15) is 4.79 Å². The third-order valence-corrected chi connectivity index (χ3v) is 5.04. The molecule has 144 valence electrons. The van der Waals surface area contributed by atoms with Gasteiger partial charge in [-0.2, -0.15) is 0 Å². The molecule has 0 heterocycles. The number of halogens is 3. The number of nitrogens with one attached hydrogen (secondary N) is 1. The molecule has 2 N–H and O–H groups in total. The van der Waals surface area contributed by atoms with Crippen LogP contribution in [0.25, 0.3) is 0 Å². The van der Waals surface area contributed by atoms with Gasteiger partial charge in [-0.15, -0.1) is 0 Å². The summed E-state index contributed by atoms with van der Waals surface area (Å²) in [6.07, 6.45) is 0. The van der Waals surface area contributed by atoms with Gasteiger partial charge >= 0.3 is 5.97 Å². The van der Waals surface area contributed by atoms with Gasteiger partial charge in [0.05, 0.1) is 20.6 Å². The zero-order valence-corrected chi connectivity index (χ0v) is 16.9. The van der Waals surface area contributed by atoms with Crippen LogP contribution in [0.2, 0.25) is 15.1 Å². The zero-order chi connectivity index (χ0) is 20.1. The van der Waals surface area contributed by atoms with Gasteiger partial charge in [-0.1, -0.05) is 53.0 Å². The molecule has 4 nitrogen and oxygen atoms in total. The fourth-order valence-electron chi connectivity index (χ4n) is 2.54. The highest BCUT2D eigenvalue weighted by molar-refractivity contribution is 6.42. The van der Waals surface area contributed by atoms with Crippen molar-refractivity contribution in [2.75, 3.05) is 5.32 Å². The first-order valence-electron chi connectivity index (χ1n) is 8.35. The van der Waals surface area contributed by atoms with Crippen molar-refractivity contribution < 1.29 is 14.6 Å². The molecule has 0 bridgehead atoms. The number of benzene rings is 3. The highest BCUT2D eigenvalue weighted by Crippen LogP contribution is 2.24. The van der Waals surface area contributed by atoms with Gasteiger partial charge in [-0.25, -0.2) is 4.79 Å². The monoisotopic (exact) mass is 435 g/mol. The molecular formula is C21H16Cl3NO3. The van der Waals surface area contributed by atoms with E-state index in [2.05, 4.69) is 5.32 Å². The Hall–Kier alpha value is -2.40. The average Bonchev–Trinajstić information content (AvgIpc) is 2.67. The van der Waals surface area contributed by atoms with E-state index in [4.69, 9.17) is 44.6 Å². The minimum absolute atomic E-state index is 0.0740. The largest absolute Gasteiger partial charge is 0.489 e. The van der Waals surface area contributed by atoms with E-state index in [0.29, 0.717) is 23.2 Å². The van der Waals surface area contributed by atoms with Gasteiger partial charge in [0.2, 0.25) is 0 Å². The standard InChI is InChI=1S/C21H16Cl3NO3/c22-18-7-4-14(9-20(18)24)12-28-16-3-1-2-13(8-16)11-25-15-5-6-17(21(26)27)19(23)10-15/h1-10,25H,11-12H2,(H,26,27). The Morgan fingerprint density at radius 1 is 0.893 bits per heavy atom. The Kier molecular flexibility index (Phi) is 6.68. The third kappa shape index (κ3) is 5.32. The van der Waals surface area contributed by atoms with Gasteiger partial charge < -0.3 is 15.2 Å². The maximum atomic E-state index is 11.0. The van der Waals surface area contributed by atoms with Crippen molar-refractivity contribution in [2.45, 2.75) is 13.2 Å². The van der Waals surface area contributed by atoms with Crippen molar-refractivity contribution in [1.82, 2.24) is 0 Å². The molecule has 3 aromatic rings. The summed E-state index contributed by atoms with van der Waals surface area (Å²) < 4.78 is 5.82. The normalized spacial score (nSPS) is 10.5. The van der Waals surface area contributed by atoms with Crippen LogP contribution in [0.3, 0.4) is 0 Å². The Labute approximate surface area is 177 Å². The number of hydrogen-bond donors (Lipinski definition) is 2. The van der Waals surface area contributed by atoms with Crippen molar-refractivity contribution in [3.63, 3.8) is 0 Å². The predicted molar refractivity (Wildman–Crippen MR) is 113 cm³/mol. The Balaban J connectivity index is 1.61. The van der Waals surface area contributed by atoms with Crippen LogP contribution in [0.1, 0.15) is 21.5 Å². The number of hydrogen-bond acceptors (Lipinski definition) is 3. The minimum atomic E-state index is -1.05. The molecule has 28 heavy (non-hydrogen) atoms. The van der Waals surface area contributed by atoms with Crippen molar-refractivity contribution in [2.24, 2.45) is 0 Å². The van der Waals surface area contributed by atoms with E-state index >= 15 is 0 Å². The van der Waals surface area contributed by atoms with Gasteiger partial charge in [0.25, 0.3) is 0 Å². The Morgan fingerprint density at radius 2 is 1.71 bits per heavy atom. The highest BCUT2D eigenvalue weighted by Gasteiger charge is 2.09. The number of ether oxygens (including phenoxy) is 1. The fourth-order valence-corrected chi connectivity index (χ4v) is 3.13. The van der Waals surface area contributed by atoms with Gasteiger partial charge in [-0.05, 0) is 53.6 Å². The summed E-state index contributed by atoms with van der Waals surface area (Å²) >= 11 is 17.9. The number of carboxylic acids is 1. The average molecular weight is 437 g/mol. The second-order valence-corrected chi connectivity index (χ2v) is 7.26. The second-order valence-electron chi connectivity index (χ2n) is 6.04. The molecule has 0 aliphatic rings. The molecule has 0 aliphatic heterocycles. The first-order valence-corrected chi connectivity index (χ1v) is 9.48. The molecule has 0 aliphatic carbocycles. The summed E-state index contributed by atoms with van der Waals surface area (Å²) in [6.45, 7) is 0.909. The Bertz CT molecular complexity index is 1010. The van der Waals surface area contributed by atoms with Crippen LogP contribution in [0.15, 0.2) is 60.7 Å². The molecule has 0 spiro atoms. The maximum absolute atomic E-state index is 11.0. The van der Waals surface area contributed by atoms with Crippen molar-refractivity contribution in [3.05, 3.63) is 92.4 Å². The number of carbonyl (C=O) groups is 1. The maximum Gasteiger partial charge on any atom is 0.337 e. The molecule has 3 aromatic carbocycles. The Morgan fingerprint density at radius 3 is 2.43 bits per heavy atom. The molecular weight excluding hydrogens is 421 g/mol. The molecule has 0 fully saturated rings. The summed E-state index contributed by atoms with van der Waals surface area (Å²) in [5.41, 5.74) is 2.73. The summed E-state index contributed by atoms with van der Waals surface area (Å²) in [6, 6.07) is 17.8. The summed E-state index contributed by atoms with van der Waals surface area (Å²) in [7, 11) is 0. The minimum Gasteiger partial charge on any atom is -0.489 e. The summed E-state index contributed by atoms with van der Waals surface area (Å²) in [5, 5.41) is 13.4. The van der Waals surface area contributed by atoms with Crippen LogP contribution in [-0.2, 0) is 13.2 Å². The lowest BCUT2D eigenvalue weighted by atomic mass is 10.2. The SMILES string of the molecule is O=C(O)c1ccc(NCc2cccc(OCc3ccc(Cl)c(Cl)c3)c2)cc1Cl. The fraction of sp³-hybridized carbons (Fsp3) is 0.0952. The third-order valence-electron chi connectivity index (χ3n) is 3.98. The number of rotatable bonds is 7. The lowest BCUT2D eigenvalue weighted by Crippen LogP contribution is -2.02. The topological polar surface area (TPSA) is 58.6 Å². The van der Waals surface area contributed by atoms with Crippen LogP contribution in [0.4, 0.5) is 5.69 Å². The molecule has 0 saturated carbocycles. The van der Waals surface area contributed by atoms with Crippen LogP contribution in [0.5, 0.6) is 5.75 Å². The zero-order valence-electron chi connectivity index (χ0n) is 14.6. The first-order chi connectivity index (χ1) is 13.4. The lowest BCUT2D eigenvalue weighted by Gasteiger charge is -2.11. The predicted octanol–water partition coefficient (Wildman–Crippen LogP) is 6.54. The summed E-state index contributed by atoms with van der Waals surface area (Å²) in [5.74, 6) is -0.326. The molecule has 3 rings (SSSR count). The number of aromatic carboxylic acids is 1. The quantitative estimate of drug-likeness (QED) is 0.442. The van der Waals surface area contributed by atoms with Crippen LogP contribution >= 0.6 is 34.8 Å². The van der Waals surface area contributed by atoms with Gasteiger partial charge in [0.1, 0.15) is 12.4 Å². The lowest BCUT2D eigenvalue weighted by molar-refractivity contribution is 0.0697. The van der Waals surface area contributed by atoms with Crippen molar-refractivity contribution in [3.8, 4) is 5.75 Å². The van der Waals surface area contributed by atoms with Crippen LogP contribution in [0, 0.1) is 0 Å². The molecule has 7 heteroatoms. The van der Waals surface area contributed by atoms with E-state index in [1.165, 1.54) is 6.07 Å². The van der Waals surface area contributed by atoms with Crippen LogP contribution in [-0.4, -0.2) is 11.1 Å². The summed E-state index contributed by atoms with van der Waals surface area (Å²) in [4.78, 5) is 11.0. The van der Waals surface area contributed by atoms with Crippen molar-refractivity contribution in [1.29, 1.82) is 0 Å². The molecule has 0 radical (unpaired) electrons. The van der Waals surface area contributed by atoms with Gasteiger partial charge in [0.15, 0.2) is 0 Å². The highest BCUT2D eigenvalue weighted by atomic mass is 35.5. The van der Waals surface area contributed by atoms with E-state index in [0.717, 1.165) is 22.6 Å². The smallest absolute Gasteiger partial charge is 0.337 e. The van der Waals surface area contributed by atoms with Crippen molar-refractivity contribution >= 4 is 46.5 Å². The molecule has 0 saturated heterocycles.